The lowest BCUT2D eigenvalue weighted by Gasteiger charge is -2.06. The van der Waals surface area contributed by atoms with E-state index in [1.54, 1.807) is 12.3 Å². The molecule has 0 fully saturated rings. The molecule has 11 heteroatoms. The highest BCUT2D eigenvalue weighted by atomic mass is 35.5. The Bertz CT molecular complexity index is 715. The molecule has 126 valence electrons. The minimum atomic E-state index is -5.08. The molecule has 0 aliphatic heterocycles. The average molecular weight is 356 g/mol. The molecular weight excluding hydrogens is 346 g/mol. The summed E-state index contributed by atoms with van der Waals surface area (Å²) < 4.78 is 44.2. The summed E-state index contributed by atoms with van der Waals surface area (Å²) in [5.41, 5.74) is 0.0840. The fourth-order valence-corrected chi connectivity index (χ4v) is 1.52. The zero-order valence-corrected chi connectivity index (χ0v) is 12.2. The van der Waals surface area contributed by atoms with Crippen molar-refractivity contribution in [2.24, 2.45) is 0 Å². The van der Waals surface area contributed by atoms with Gasteiger partial charge in [0, 0.05) is 5.39 Å². The molecule has 2 rings (SSSR count). The number of anilines is 1. The number of nitrogens with one attached hydrogen (secondary N) is 2. The van der Waals surface area contributed by atoms with Gasteiger partial charge in [0.05, 0.1) is 17.4 Å². The molecule has 0 saturated carbocycles. The molecule has 0 aliphatic carbocycles. The number of aromatic amines is 1. The first-order valence-electron chi connectivity index (χ1n) is 5.86. The Balaban J connectivity index is 0.000000322. The SMILES string of the molecule is Cc1ccc(NC(=O)C(F)Cl)c2[nH]ncc12.O=C(O)C(F)(F)F. The van der Waals surface area contributed by atoms with Crippen molar-refractivity contribution in [3.8, 4) is 0 Å². The summed E-state index contributed by atoms with van der Waals surface area (Å²) in [5.74, 6) is -3.64. The van der Waals surface area contributed by atoms with E-state index in [0.29, 0.717) is 11.2 Å². The van der Waals surface area contributed by atoms with Crippen LogP contribution in [-0.2, 0) is 9.59 Å². The molecule has 2 aromatic rings. The predicted molar refractivity (Wildman–Crippen MR) is 73.9 cm³/mol. The number of benzene rings is 1. The zero-order chi connectivity index (χ0) is 17.8. The molecule has 0 spiro atoms. The average Bonchev–Trinajstić information content (AvgIpc) is 2.91. The summed E-state index contributed by atoms with van der Waals surface area (Å²) in [6.07, 6.45) is -3.44. The normalized spacial score (nSPS) is 12.3. The van der Waals surface area contributed by atoms with Gasteiger partial charge in [0.1, 0.15) is 0 Å². The highest BCUT2D eigenvalue weighted by molar-refractivity contribution is 6.31. The molecule has 0 radical (unpaired) electrons. The summed E-state index contributed by atoms with van der Waals surface area (Å²) in [5, 5.41) is 17.0. The van der Waals surface area contributed by atoms with Gasteiger partial charge in [-0.3, -0.25) is 9.89 Å². The van der Waals surface area contributed by atoms with Gasteiger partial charge < -0.3 is 10.4 Å². The van der Waals surface area contributed by atoms with Crippen molar-refractivity contribution in [2.75, 3.05) is 5.32 Å². The summed E-state index contributed by atoms with van der Waals surface area (Å²) in [4.78, 5) is 20.0. The second-order valence-corrected chi connectivity index (χ2v) is 4.56. The van der Waals surface area contributed by atoms with E-state index in [2.05, 4.69) is 15.5 Å². The smallest absolute Gasteiger partial charge is 0.475 e. The predicted octanol–water partition coefficient (Wildman–Crippen LogP) is 2.98. The van der Waals surface area contributed by atoms with E-state index in [0.717, 1.165) is 10.9 Å². The van der Waals surface area contributed by atoms with Crippen molar-refractivity contribution in [1.82, 2.24) is 10.2 Å². The molecule has 1 aromatic carbocycles. The Morgan fingerprint density at radius 2 is 1.96 bits per heavy atom. The Kier molecular flexibility index (Phi) is 5.91. The van der Waals surface area contributed by atoms with Crippen LogP contribution in [-0.4, -0.2) is 39.0 Å². The fourth-order valence-electron chi connectivity index (χ4n) is 1.46. The van der Waals surface area contributed by atoms with Gasteiger partial charge in [0.15, 0.2) is 0 Å². The Labute approximate surface area is 131 Å². The third kappa shape index (κ3) is 5.09. The maximum Gasteiger partial charge on any atom is 0.490 e. The van der Waals surface area contributed by atoms with Gasteiger partial charge in [-0.2, -0.15) is 18.3 Å². The quantitative estimate of drug-likeness (QED) is 0.570. The van der Waals surface area contributed by atoms with Gasteiger partial charge in [0.2, 0.25) is 0 Å². The van der Waals surface area contributed by atoms with E-state index < -0.39 is 23.7 Å². The number of carbonyl (C=O) groups excluding carboxylic acids is 1. The van der Waals surface area contributed by atoms with E-state index in [1.165, 1.54) is 0 Å². The van der Waals surface area contributed by atoms with Crippen molar-refractivity contribution in [3.63, 3.8) is 0 Å². The molecule has 23 heavy (non-hydrogen) atoms. The van der Waals surface area contributed by atoms with Crippen LogP contribution >= 0.6 is 11.6 Å². The van der Waals surface area contributed by atoms with Crippen LogP contribution in [0.5, 0.6) is 0 Å². The molecule has 1 amide bonds. The van der Waals surface area contributed by atoms with Gasteiger partial charge >= 0.3 is 12.1 Å². The molecule has 1 atom stereocenters. The number of carboxylic acid groups (broad SMARTS) is 1. The second-order valence-electron chi connectivity index (χ2n) is 4.18. The fraction of sp³-hybridized carbons (Fsp3) is 0.250. The van der Waals surface area contributed by atoms with E-state index in [-0.39, 0.29) is 0 Å². The third-order valence-corrected chi connectivity index (χ3v) is 2.73. The molecule has 3 N–H and O–H groups in total. The van der Waals surface area contributed by atoms with Crippen molar-refractivity contribution in [2.45, 2.75) is 18.7 Å². The number of hydrogen-bond acceptors (Lipinski definition) is 3. The number of carboxylic acids is 1. The largest absolute Gasteiger partial charge is 0.490 e. The van der Waals surface area contributed by atoms with Crippen LogP contribution in [0, 0.1) is 6.92 Å². The molecule has 0 aliphatic rings. The van der Waals surface area contributed by atoms with Gasteiger partial charge in [-0.1, -0.05) is 17.7 Å². The maximum atomic E-state index is 12.5. The van der Waals surface area contributed by atoms with Crippen LogP contribution in [0.3, 0.4) is 0 Å². The number of amides is 1. The van der Waals surface area contributed by atoms with Gasteiger partial charge in [-0.05, 0) is 18.6 Å². The van der Waals surface area contributed by atoms with Crippen LogP contribution in [0.2, 0.25) is 0 Å². The molecule has 1 heterocycles. The lowest BCUT2D eigenvalue weighted by atomic mass is 10.1. The number of alkyl halides is 5. The number of rotatable bonds is 2. The number of aryl methyl sites for hydroxylation is 1. The van der Waals surface area contributed by atoms with Crippen molar-refractivity contribution < 1.29 is 32.3 Å². The first-order chi connectivity index (χ1) is 10.5. The number of fused-ring (bicyclic) bond motifs is 1. The summed E-state index contributed by atoms with van der Waals surface area (Å²) in [6, 6.07) is 3.49. The molecule has 0 bridgehead atoms. The number of aliphatic carboxylic acids is 1. The van der Waals surface area contributed by atoms with E-state index in [1.807, 2.05) is 13.0 Å². The maximum absolute atomic E-state index is 12.5. The molecular formula is C12H10ClF4N3O3. The highest BCUT2D eigenvalue weighted by Gasteiger charge is 2.38. The minimum Gasteiger partial charge on any atom is -0.475 e. The number of aromatic nitrogens is 2. The van der Waals surface area contributed by atoms with Crippen molar-refractivity contribution >= 4 is 40.1 Å². The highest BCUT2D eigenvalue weighted by Crippen LogP contribution is 2.24. The number of carbonyl (C=O) groups is 2. The Morgan fingerprint density at radius 1 is 1.39 bits per heavy atom. The molecule has 6 nitrogen and oxygen atoms in total. The van der Waals surface area contributed by atoms with Crippen LogP contribution < -0.4 is 5.32 Å². The molecule has 1 aromatic heterocycles. The second kappa shape index (κ2) is 7.27. The molecule has 1 unspecified atom stereocenters. The van der Waals surface area contributed by atoms with E-state index in [4.69, 9.17) is 21.5 Å². The van der Waals surface area contributed by atoms with Crippen LogP contribution in [0.1, 0.15) is 5.56 Å². The number of H-pyrrole nitrogens is 1. The van der Waals surface area contributed by atoms with Crippen molar-refractivity contribution in [3.05, 3.63) is 23.9 Å². The number of nitrogens with zero attached hydrogens (tertiary/aromatic N) is 1. The molecule has 0 saturated heterocycles. The van der Waals surface area contributed by atoms with Crippen LogP contribution in [0.15, 0.2) is 18.3 Å². The van der Waals surface area contributed by atoms with Gasteiger partial charge in [0.25, 0.3) is 11.5 Å². The zero-order valence-electron chi connectivity index (χ0n) is 11.4. The lowest BCUT2D eigenvalue weighted by Crippen LogP contribution is -2.21. The minimum absolute atomic E-state index is 0.464. The monoisotopic (exact) mass is 355 g/mol. The Hall–Kier alpha value is -2.36. The Morgan fingerprint density at radius 3 is 2.43 bits per heavy atom. The summed E-state index contributed by atoms with van der Waals surface area (Å²) in [6.45, 7) is 1.92. The van der Waals surface area contributed by atoms with Crippen molar-refractivity contribution in [1.29, 1.82) is 0 Å². The first-order valence-corrected chi connectivity index (χ1v) is 6.29. The lowest BCUT2D eigenvalue weighted by molar-refractivity contribution is -0.192. The topological polar surface area (TPSA) is 95.1 Å². The first kappa shape index (κ1) is 18.7. The standard InChI is InChI=1S/C10H9ClFN3O.C2HF3O2/c1-5-2-3-7(14-10(16)9(11)12)8-6(5)4-13-15-8;3-2(4,5)1(6)7/h2-4,9H,1H3,(H,13,15)(H,14,16);(H,6,7). The van der Waals surface area contributed by atoms with E-state index >= 15 is 0 Å². The summed E-state index contributed by atoms with van der Waals surface area (Å²) in [7, 11) is 0. The number of hydrogen-bond donors (Lipinski definition) is 3. The van der Waals surface area contributed by atoms with Gasteiger partial charge in [-0.15, -0.1) is 0 Å². The van der Waals surface area contributed by atoms with Crippen LogP contribution in [0.25, 0.3) is 10.9 Å². The van der Waals surface area contributed by atoms with E-state index in [9.17, 15) is 22.4 Å². The summed E-state index contributed by atoms with van der Waals surface area (Å²) >= 11 is 5.03. The van der Waals surface area contributed by atoms with Gasteiger partial charge in [-0.25, -0.2) is 9.18 Å². The third-order valence-electron chi connectivity index (χ3n) is 2.53. The van der Waals surface area contributed by atoms with Crippen LogP contribution in [0.4, 0.5) is 23.2 Å². The number of halogens is 5.